The van der Waals surface area contributed by atoms with Crippen LogP contribution < -0.4 is 5.73 Å². The van der Waals surface area contributed by atoms with Gasteiger partial charge in [0, 0.05) is 23.7 Å². The molecule has 0 aliphatic heterocycles. The van der Waals surface area contributed by atoms with E-state index in [9.17, 15) is 4.39 Å². The molecule has 2 aromatic rings. The highest BCUT2D eigenvalue weighted by Gasteiger charge is 2.10. The summed E-state index contributed by atoms with van der Waals surface area (Å²) in [5.41, 5.74) is 8.27. The van der Waals surface area contributed by atoms with Crippen LogP contribution in [0.15, 0.2) is 42.5 Å². The quantitative estimate of drug-likeness (QED) is 0.850. The molecule has 2 nitrogen and oxygen atoms in total. The summed E-state index contributed by atoms with van der Waals surface area (Å²) < 4.78 is 13.3. The summed E-state index contributed by atoms with van der Waals surface area (Å²) in [4.78, 5) is 2.31. The van der Waals surface area contributed by atoms with Gasteiger partial charge in [-0.2, -0.15) is 0 Å². The summed E-state index contributed by atoms with van der Waals surface area (Å²) in [6.45, 7) is 1.36. The average molecular weight is 323 g/mol. The van der Waals surface area contributed by atoms with E-state index in [1.54, 1.807) is 6.07 Å². The van der Waals surface area contributed by atoms with Crippen molar-refractivity contribution in [2.45, 2.75) is 13.1 Å². The minimum atomic E-state index is -0.334. The van der Waals surface area contributed by atoms with Crippen molar-refractivity contribution >= 4 is 28.8 Å². The van der Waals surface area contributed by atoms with Gasteiger partial charge in [-0.3, -0.25) is 4.90 Å². The van der Waals surface area contributed by atoms with Gasteiger partial charge in [0.1, 0.15) is 10.8 Å². The molecule has 0 fully saturated rings. The van der Waals surface area contributed by atoms with E-state index >= 15 is 0 Å². The van der Waals surface area contributed by atoms with Gasteiger partial charge in [0.2, 0.25) is 0 Å². The van der Waals surface area contributed by atoms with Crippen molar-refractivity contribution in [1.29, 1.82) is 0 Å². The normalized spacial score (nSPS) is 10.9. The first kappa shape index (κ1) is 15.9. The number of hydrogen-bond acceptors (Lipinski definition) is 2. The summed E-state index contributed by atoms with van der Waals surface area (Å²) >= 11 is 11.0. The van der Waals surface area contributed by atoms with E-state index in [4.69, 9.17) is 29.6 Å². The largest absolute Gasteiger partial charge is 0.389 e. The van der Waals surface area contributed by atoms with Crippen LogP contribution in [0.1, 0.15) is 16.7 Å². The van der Waals surface area contributed by atoms with Gasteiger partial charge >= 0.3 is 0 Å². The number of nitrogens with zero attached hydrogens (tertiary/aromatic N) is 1. The predicted molar refractivity (Wildman–Crippen MR) is 88.9 cm³/mol. The average Bonchev–Trinajstić information content (AvgIpc) is 2.40. The maximum absolute atomic E-state index is 13.3. The first-order valence-corrected chi connectivity index (χ1v) is 7.25. The molecule has 2 rings (SSSR count). The molecule has 110 valence electrons. The predicted octanol–water partition coefficient (Wildman–Crippen LogP) is 3.75. The number of halogens is 2. The van der Waals surface area contributed by atoms with E-state index in [0.29, 0.717) is 17.1 Å². The van der Waals surface area contributed by atoms with Gasteiger partial charge in [-0.1, -0.05) is 42.0 Å². The van der Waals surface area contributed by atoms with E-state index in [1.165, 1.54) is 12.1 Å². The zero-order chi connectivity index (χ0) is 15.4. The SMILES string of the molecule is CN(Cc1cccc(Cl)c1)Cc1ccc(F)cc1C(N)=S. The van der Waals surface area contributed by atoms with E-state index in [2.05, 4.69) is 4.90 Å². The Labute approximate surface area is 134 Å². The summed E-state index contributed by atoms with van der Waals surface area (Å²) in [7, 11) is 1.98. The van der Waals surface area contributed by atoms with Gasteiger partial charge in [0.25, 0.3) is 0 Å². The highest BCUT2D eigenvalue weighted by atomic mass is 35.5. The van der Waals surface area contributed by atoms with Crippen LogP contribution in [0, 0.1) is 5.82 Å². The second kappa shape index (κ2) is 6.98. The molecule has 0 aromatic heterocycles. The first-order chi connectivity index (χ1) is 9.95. The molecule has 0 radical (unpaired) electrons. The number of nitrogens with two attached hydrogens (primary N) is 1. The van der Waals surface area contributed by atoms with Crippen molar-refractivity contribution < 1.29 is 4.39 Å². The van der Waals surface area contributed by atoms with Crippen LogP contribution in [0.5, 0.6) is 0 Å². The van der Waals surface area contributed by atoms with Crippen LogP contribution in [0.25, 0.3) is 0 Å². The number of thiocarbonyl (C=S) groups is 1. The summed E-state index contributed by atoms with van der Waals surface area (Å²) in [6.07, 6.45) is 0. The second-order valence-electron chi connectivity index (χ2n) is 4.97. The molecule has 0 saturated carbocycles. The number of hydrogen-bond donors (Lipinski definition) is 1. The van der Waals surface area contributed by atoms with E-state index in [0.717, 1.165) is 17.7 Å². The smallest absolute Gasteiger partial charge is 0.123 e. The van der Waals surface area contributed by atoms with Crippen molar-refractivity contribution in [1.82, 2.24) is 4.90 Å². The Morgan fingerprint density at radius 3 is 2.67 bits per heavy atom. The van der Waals surface area contributed by atoms with Gasteiger partial charge in [-0.25, -0.2) is 4.39 Å². The number of rotatable bonds is 5. The monoisotopic (exact) mass is 322 g/mol. The fourth-order valence-electron chi connectivity index (χ4n) is 2.21. The molecular weight excluding hydrogens is 307 g/mol. The van der Waals surface area contributed by atoms with E-state index < -0.39 is 0 Å². The highest BCUT2D eigenvalue weighted by Crippen LogP contribution is 2.16. The lowest BCUT2D eigenvalue weighted by atomic mass is 10.1. The maximum atomic E-state index is 13.3. The molecule has 0 unspecified atom stereocenters. The standard InChI is InChI=1S/C16H16ClFN2S/c1-20(9-11-3-2-4-13(17)7-11)10-12-5-6-14(18)8-15(12)16(19)21/h2-8H,9-10H2,1H3,(H2,19,21). The Hall–Kier alpha value is -1.49. The Balaban J connectivity index is 2.12. The highest BCUT2D eigenvalue weighted by molar-refractivity contribution is 7.80. The fraction of sp³-hybridized carbons (Fsp3) is 0.188. The van der Waals surface area contributed by atoms with E-state index in [1.807, 2.05) is 31.3 Å². The molecule has 2 N–H and O–H groups in total. The molecule has 5 heteroatoms. The third-order valence-corrected chi connectivity index (χ3v) is 3.57. The second-order valence-corrected chi connectivity index (χ2v) is 5.84. The van der Waals surface area contributed by atoms with Crippen LogP contribution in [-0.2, 0) is 13.1 Å². The topological polar surface area (TPSA) is 29.3 Å². The molecule has 0 spiro atoms. The van der Waals surface area contributed by atoms with Gasteiger partial charge in [0.15, 0.2) is 0 Å². The molecule has 0 saturated heterocycles. The van der Waals surface area contributed by atoms with Gasteiger partial charge in [0.05, 0.1) is 0 Å². The molecule has 0 amide bonds. The Morgan fingerprint density at radius 2 is 2.00 bits per heavy atom. The third-order valence-electron chi connectivity index (χ3n) is 3.12. The lowest BCUT2D eigenvalue weighted by Crippen LogP contribution is -2.21. The minimum absolute atomic E-state index is 0.209. The summed E-state index contributed by atoms with van der Waals surface area (Å²) in [6, 6.07) is 12.2. The van der Waals surface area contributed by atoms with Crippen LogP contribution in [-0.4, -0.2) is 16.9 Å². The van der Waals surface area contributed by atoms with Crippen molar-refractivity contribution in [2.24, 2.45) is 5.73 Å². The lowest BCUT2D eigenvalue weighted by Gasteiger charge is -2.19. The summed E-state index contributed by atoms with van der Waals surface area (Å²) in [5, 5.41) is 0.714. The first-order valence-electron chi connectivity index (χ1n) is 6.47. The molecule has 21 heavy (non-hydrogen) atoms. The molecule has 2 aromatic carbocycles. The van der Waals surface area contributed by atoms with Crippen molar-refractivity contribution in [2.75, 3.05) is 7.05 Å². The zero-order valence-electron chi connectivity index (χ0n) is 11.6. The lowest BCUT2D eigenvalue weighted by molar-refractivity contribution is 0.319. The van der Waals surface area contributed by atoms with Gasteiger partial charge in [-0.15, -0.1) is 0 Å². The third kappa shape index (κ3) is 4.49. The van der Waals surface area contributed by atoms with Crippen molar-refractivity contribution in [3.8, 4) is 0 Å². The van der Waals surface area contributed by atoms with Crippen LogP contribution in [0.4, 0.5) is 4.39 Å². The molecule has 0 bridgehead atoms. The fourth-order valence-corrected chi connectivity index (χ4v) is 2.61. The molecule has 0 aliphatic carbocycles. The van der Waals surface area contributed by atoms with Crippen molar-refractivity contribution in [3.05, 3.63) is 70.0 Å². The summed E-state index contributed by atoms with van der Waals surface area (Å²) in [5.74, 6) is -0.334. The van der Waals surface area contributed by atoms with Crippen LogP contribution >= 0.6 is 23.8 Å². The maximum Gasteiger partial charge on any atom is 0.123 e. The Morgan fingerprint density at radius 1 is 1.24 bits per heavy atom. The van der Waals surface area contributed by atoms with Crippen LogP contribution in [0.3, 0.4) is 0 Å². The molecule has 0 atom stereocenters. The van der Waals surface area contributed by atoms with Crippen molar-refractivity contribution in [3.63, 3.8) is 0 Å². The number of benzene rings is 2. The van der Waals surface area contributed by atoms with Gasteiger partial charge < -0.3 is 5.73 Å². The molecule has 0 heterocycles. The van der Waals surface area contributed by atoms with Crippen LogP contribution in [0.2, 0.25) is 5.02 Å². The minimum Gasteiger partial charge on any atom is -0.389 e. The van der Waals surface area contributed by atoms with Gasteiger partial charge in [-0.05, 0) is 42.4 Å². The Kier molecular flexibility index (Phi) is 5.28. The molecule has 0 aliphatic rings. The zero-order valence-corrected chi connectivity index (χ0v) is 13.2. The van der Waals surface area contributed by atoms with E-state index in [-0.39, 0.29) is 10.8 Å². The molecular formula is C16H16ClFN2S. The Bertz CT molecular complexity index is 660.